The molecule has 0 spiro atoms. The van der Waals surface area contributed by atoms with E-state index in [9.17, 15) is 14.4 Å². The quantitative estimate of drug-likeness (QED) is 0.781. The molecule has 0 radical (unpaired) electrons. The maximum absolute atomic E-state index is 11.5. The van der Waals surface area contributed by atoms with Crippen LogP contribution >= 0.6 is 11.6 Å². The molecular weight excluding hydrogens is 288 g/mol. The summed E-state index contributed by atoms with van der Waals surface area (Å²) >= 11 is 5.98. The van der Waals surface area contributed by atoms with Gasteiger partial charge in [0.25, 0.3) is 5.91 Å². The Hall–Kier alpha value is -2.28. The molecule has 0 saturated carbocycles. The van der Waals surface area contributed by atoms with Crippen LogP contribution in [0.4, 0.5) is 11.4 Å². The van der Waals surface area contributed by atoms with Crippen molar-refractivity contribution >= 4 is 40.8 Å². The van der Waals surface area contributed by atoms with Gasteiger partial charge in [-0.1, -0.05) is 11.6 Å². The number of fused-ring (bicyclic) bond motifs is 1. The predicted molar refractivity (Wildman–Crippen MR) is 71.1 cm³/mol. The zero-order valence-electron chi connectivity index (χ0n) is 10.2. The zero-order valence-corrected chi connectivity index (χ0v) is 11.0. The lowest BCUT2D eigenvalue weighted by molar-refractivity contribution is -0.138. The van der Waals surface area contributed by atoms with Crippen LogP contribution in [0.15, 0.2) is 12.1 Å². The zero-order chi connectivity index (χ0) is 14.7. The van der Waals surface area contributed by atoms with Gasteiger partial charge in [-0.3, -0.25) is 14.4 Å². The lowest BCUT2D eigenvalue weighted by Crippen LogP contribution is -2.25. The number of anilines is 2. The monoisotopic (exact) mass is 298 g/mol. The van der Waals surface area contributed by atoms with Gasteiger partial charge >= 0.3 is 5.97 Å². The number of hydrogen-bond acceptors (Lipinski definition) is 4. The fraction of sp³-hybridized carbons (Fsp3) is 0.250. The molecule has 0 unspecified atom stereocenters. The van der Waals surface area contributed by atoms with Crippen molar-refractivity contribution in [3.05, 3.63) is 17.2 Å². The molecule has 20 heavy (non-hydrogen) atoms. The van der Waals surface area contributed by atoms with Crippen LogP contribution < -0.4 is 15.4 Å². The summed E-state index contributed by atoms with van der Waals surface area (Å²) < 4.78 is 5.20. The summed E-state index contributed by atoms with van der Waals surface area (Å²) in [6, 6.07) is 2.94. The number of amides is 2. The molecule has 1 aliphatic rings. The predicted octanol–water partition coefficient (Wildman–Crippen LogP) is 1.47. The van der Waals surface area contributed by atoms with Gasteiger partial charge in [0, 0.05) is 12.5 Å². The van der Waals surface area contributed by atoms with Crippen LogP contribution in [0, 0.1) is 0 Å². The topological polar surface area (TPSA) is 105 Å². The molecule has 106 valence electrons. The van der Waals surface area contributed by atoms with Crippen molar-refractivity contribution in [2.75, 3.05) is 17.2 Å². The number of carbonyl (C=O) groups excluding carboxylic acids is 2. The van der Waals surface area contributed by atoms with E-state index in [1.807, 2.05) is 0 Å². The van der Waals surface area contributed by atoms with E-state index in [4.69, 9.17) is 21.4 Å². The van der Waals surface area contributed by atoms with E-state index in [2.05, 4.69) is 10.6 Å². The molecule has 8 heteroatoms. The minimum Gasteiger partial charge on any atom is -0.482 e. The SMILES string of the molecule is O=C(O)CCC(=O)Nc1cc2c(cc1Cl)NC(=O)CO2. The lowest BCUT2D eigenvalue weighted by atomic mass is 10.2. The van der Waals surface area contributed by atoms with E-state index in [0.29, 0.717) is 17.1 Å². The van der Waals surface area contributed by atoms with Crippen molar-refractivity contribution < 1.29 is 24.2 Å². The molecule has 1 heterocycles. The van der Waals surface area contributed by atoms with Crippen LogP contribution in [0.2, 0.25) is 5.02 Å². The van der Waals surface area contributed by atoms with Gasteiger partial charge in [-0.15, -0.1) is 0 Å². The van der Waals surface area contributed by atoms with Gasteiger partial charge in [-0.25, -0.2) is 0 Å². The Kier molecular flexibility index (Phi) is 4.09. The number of hydrogen-bond donors (Lipinski definition) is 3. The minimum absolute atomic E-state index is 0.110. The number of ether oxygens (including phenoxy) is 1. The molecule has 1 aromatic carbocycles. The second-order valence-corrected chi connectivity index (χ2v) is 4.51. The molecule has 0 atom stereocenters. The minimum atomic E-state index is -1.05. The number of rotatable bonds is 4. The largest absolute Gasteiger partial charge is 0.482 e. The molecule has 1 aliphatic heterocycles. The molecule has 0 aliphatic carbocycles. The van der Waals surface area contributed by atoms with E-state index in [0.717, 1.165) is 0 Å². The fourth-order valence-corrected chi connectivity index (χ4v) is 1.84. The average Bonchev–Trinajstić information content (AvgIpc) is 2.37. The molecule has 2 amide bonds. The summed E-state index contributed by atoms with van der Waals surface area (Å²) in [5.41, 5.74) is 0.728. The standard InChI is InChI=1S/C12H11ClN2O5/c13-6-3-8-9(20-5-11(17)15-8)4-7(6)14-10(16)1-2-12(18)19/h3-4H,1-2,5H2,(H,14,16)(H,15,17)(H,18,19). The van der Waals surface area contributed by atoms with Crippen molar-refractivity contribution in [3.8, 4) is 5.75 Å². The van der Waals surface area contributed by atoms with E-state index in [-0.39, 0.29) is 30.4 Å². The molecule has 1 aromatic rings. The molecular formula is C12H11ClN2O5. The van der Waals surface area contributed by atoms with E-state index < -0.39 is 11.9 Å². The van der Waals surface area contributed by atoms with Crippen molar-refractivity contribution in [2.24, 2.45) is 0 Å². The van der Waals surface area contributed by atoms with Crippen LogP contribution in [-0.4, -0.2) is 29.5 Å². The highest BCUT2D eigenvalue weighted by atomic mass is 35.5. The Labute approximate surface area is 118 Å². The Morgan fingerprint density at radius 3 is 2.85 bits per heavy atom. The number of nitrogens with one attached hydrogen (secondary N) is 2. The molecule has 3 N–H and O–H groups in total. The molecule has 7 nitrogen and oxygen atoms in total. The van der Waals surface area contributed by atoms with Crippen molar-refractivity contribution in [3.63, 3.8) is 0 Å². The molecule has 0 aromatic heterocycles. The number of carboxylic acids is 1. The first-order valence-electron chi connectivity index (χ1n) is 5.73. The van der Waals surface area contributed by atoms with Gasteiger partial charge in [0.2, 0.25) is 5.91 Å². The summed E-state index contributed by atoms with van der Waals surface area (Å²) in [5, 5.41) is 13.8. The average molecular weight is 299 g/mol. The summed E-state index contributed by atoms with van der Waals surface area (Å²) in [7, 11) is 0. The molecule has 2 rings (SSSR count). The third-order valence-electron chi connectivity index (χ3n) is 2.54. The highest BCUT2D eigenvalue weighted by Crippen LogP contribution is 2.36. The van der Waals surface area contributed by atoms with Gasteiger partial charge in [0.15, 0.2) is 6.61 Å². The van der Waals surface area contributed by atoms with Crippen molar-refractivity contribution in [1.29, 1.82) is 0 Å². The van der Waals surface area contributed by atoms with Crippen LogP contribution in [0.3, 0.4) is 0 Å². The first kappa shape index (κ1) is 14.1. The second-order valence-electron chi connectivity index (χ2n) is 4.11. The smallest absolute Gasteiger partial charge is 0.303 e. The highest BCUT2D eigenvalue weighted by Gasteiger charge is 2.19. The van der Waals surface area contributed by atoms with Gasteiger partial charge in [0.05, 0.1) is 22.8 Å². The Morgan fingerprint density at radius 1 is 1.40 bits per heavy atom. The number of carboxylic acid groups (broad SMARTS) is 1. The van der Waals surface area contributed by atoms with Crippen LogP contribution in [0.5, 0.6) is 5.75 Å². The summed E-state index contributed by atoms with van der Waals surface area (Å²) in [6.07, 6.45) is -0.415. The number of halogens is 1. The maximum atomic E-state index is 11.5. The molecule has 0 bridgehead atoms. The first-order valence-corrected chi connectivity index (χ1v) is 6.11. The third-order valence-corrected chi connectivity index (χ3v) is 2.85. The van der Waals surface area contributed by atoms with Crippen LogP contribution in [0.1, 0.15) is 12.8 Å². The summed E-state index contributed by atoms with van der Waals surface area (Å²) in [5.74, 6) is -1.41. The summed E-state index contributed by atoms with van der Waals surface area (Å²) in [4.78, 5) is 33.1. The van der Waals surface area contributed by atoms with Crippen LogP contribution in [0.25, 0.3) is 0 Å². The normalized spacial score (nSPS) is 12.9. The molecule has 0 saturated heterocycles. The van der Waals surface area contributed by atoms with E-state index in [1.165, 1.54) is 12.1 Å². The van der Waals surface area contributed by atoms with Crippen molar-refractivity contribution in [2.45, 2.75) is 12.8 Å². The van der Waals surface area contributed by atoms with E-state index in [1.54, 1.807) is 0 Å². The number of carbonyl (C=O) groups is 3. The Morgan fingerprint density at radius 2 is 2.15 bits per heavy atom. The third kappa shape index (κ3) is 3.39. The first-order chi connectivity index (χ1) is 9.45. The molecule has 0 fully saturated rings. The fourth-order valence-electron chi connectivity index (χ4n) is 1.63. The van der Waals surface area contributed by atoms with Gasteiger partial charge in [0.1, 0.15) is 5.75 Å². The number of benzene rings is 1. The lowest BCUT2D eigenvalue weighted by Gasteiger charge is -2.19. The van der Waals surface area contributed by atoms with Crippen molar-refractivity contribution in [1.82, 2.24) is 0 Å². The number of aliphatic carboxylic acids is 1. The second kappa shape index (κ2) is 5.79. The maximum Gasteiger partial charge on any atom is 0.303 e. The van der Waals surface area contributed by atoms with Crippen LogP contribution in [-0.2, 0) is 14.4 Å². The Bertz CT molecular complexity index is 587. The Balaban J connectivity index is 2.11. The highest BCUT2D eigenvalue weighted by molar-refractivity contribution is 6.34. The van der Waals surface area contributed by atoms with Gasteiger partial charge in [-0.2, -0.15) is 0 Å². The summed E-state index contributed by atoms with van der Waals surface area (Å²) in [6.45, 7) is -0.110. The van der Waals surface area contributed by atoms with Gasteiger partial charge in [-0.05, 0) is 6.07 Å². The van der Waals surface area contributed by atoms with E-state index >= 15 is 0 Å². The van der Waals surface area contributed by atoms with Gasteiger partial charge < -0.3 is 20.5 Å².